The second kappa shape index (κ2) is 9.26. The van der Waals surface area contributed by atoms with Gasteiger partial charge in [-0.15, -0.1) is 0 Å². The van der Waals surface area contributed by atoms with Crippen molar-refractivity contribution in [3.63, 3.8) is 0 Å². The van der Waals surface area contributed by atoms with E-state index in [1.54, 1.807) is 12.4 Å². The Bertz CT molecular complexity index is 480. The van der Waals surface area contributed by atoms with E-state index >= 15 is 0 Å². The average Bonchev–Trinajstić information content (AvgIpc) is 2.44. The van der Waals surface area contributed by atoms with E-state index in [2.05, 4.69) is 46.7 Å². The Hall–Kier alpha value is -0.810. The molecule has 0 bridgehead atoms. The number of ether oxygens (including phenoxy) is 1. The molecule has 0 amide bonds. The van der Waals surface area contributed by atoms with Gasteiger partial charge in [0.05, 0.1) is 18.6 Å². The van der Waals surface area contributed by atoms with Crippen molar-refractivity contribution < 1.29 is 4.74 Å². The van der Waals surface area contributed by atoms with Crippen LogP contribution in [0.5, 0.6) is 5.88 Å². The first-order chi connectivity index (χ1) is 9.93. The van der Waals surface area contributed by atoms with E-state index in [0.717, 1.165) is 19.4 Å². The van der Waals surface area contributed by atoms with Crippen LogP contribution in [-0.4, -0.2) is 36.4 Å². The van der Waals surface area contributed by atoms with Crippen LogP contribution >= 0.6 is 27.5 Å². The predicted octanol–water partition coefficient (Wildman–Crippen LogP) is 4.92. The number of hydrogen-bond acceptors (Lipinski definition) is 3. The van der Waals surface area contributed by atoms with E-state index < -0.39 is 0 Å². The first kappa shape index (κ1) is 18.2. The summed E-state index contributed by atoms with van der Waals surface area (Å²) in [5.74, 6) is 1.13. The van der Waals surface area contributed by atoms with Gasteiger partial charge in [-0.1, -0.05) is 25.4 Å². The Balaban J connectivity index is 2.68. The Kier molecular flexibility index (Phi) is 8.04. The van der Waals surface area contributed by atoms with Gasteiger partial charge in [0.2, 0.25) is 5.88 Å². The van der Waals surface area contributed by atoms with Crippen LogP contribution in [-0.2, 0) is 0 Å². The molecule has 1 rings (SSSR count). The normalized spacial score (nSPS) is 11.4. The molecule has 0 unspecified atom stereocenters. The van der Waals surface area contributed by atoms with Gasteiger partial charge in [0, 0.05) is 13.6 Å². The van der Waals surface area contributed by atoms with Gasteiger partial charge in [0.15, 0.2) is 0 Å². The first-order valence-corrected chi connectivity index (χ1v) is 8.34. The number of nitrogens with zero attached hydrogens (tertiary/aromatic N) is 3. The van der Waals surface area contributed by atoms with Gasteiger partial charge in [-0.25, -0.2) is 9.98 Å². The summed E-state index contributed by atoms with van der Waals surface area (Å²) in [4.78, 5) is 10.6. The molecular formula is C15H23BrClN3O. The van der Waals surface area contributed by atoms with Crippen molar-refractivity contribution in [3.8, 4) is 5.88 Å². The van der Waals surface area contributed by atoms with Crippen molar-refractivity contribution in [1.29, 1.82) is 0 Å². The molecule has 4 nitrogen and oxygen atoms in total. The maximum Gasteiger partial charge on any atom is 0.233 e. The zero-order chi connectivity index (χ0) is 15.8. The summed E-state index contributed by atoms with van der Waals surface area (Å²) in [7, 11) is 1.96. The molecule has 118 valence electrons. The molecule has 1 heterocycles. The van der Waals surface area contributed by atoms with Crippen LogP contribution in [0.2, 0.25) is 5.02 Å². The molecule has 1 aromatic heterocycles. The zero-order valence-electron chi connectivity index (χ0n) is 13.1. The van der Waals surface area contributed by atoms with Gasteiger partial charge in [0.1, 0.15) is 9.63 Å². The SMILES string of the molecule is CCN(C)/C=N/c1cc(Cl)c(OCCCC(C)C)nc1Br. The minimum absolute atomic E-state index is 0.454. The highest BCUT2D eigenvalue weighted by Gasteiger charge is 2.09. The second-order valence-electron chi connectivity index (χ2n) is 5.29. The van der Waals surface area contributed by atoms with Crippen molar-refractivity contribution in [3.05, 3.63) is 15.7 Å². The van der Waals surface area contributed by atoms with Crippen LogP contribution in [0.4, 0.5) is 5.69 Å². The molecule has 0 aliphatic carbocycles. The third-order valence-corrected chi connectivity index (χ3v) is 3.79. The zero-order valence-corrected chi connectivity index (χ0v) is 15.4. The van der Waals surface area contributed by atoms with E-state index in [4.69, 9.17) is 16.3 Å². The Morgan fingerprint density at radius 1 is 1.52 bits per heavy atom. The lowest BCUT2D eigenvalue weighted by atomic mass is 10.1. The molecule has 0 radical (unpaired) electrons. The fraction of sp³-hybridized carbons (Fsp3) is 0.600. The molecule has 1 aromatic rings. The molecule has 0 aromatic carbocycles. The molecule has 21 heavy (non-hydrogen) atoms. The smallest absolute Gasteiger partial charge is 0.233 e. The summed E-state index contributed by atoms with van der Waals surface area (Å²) in [6.07, 6.45) is 3.88. The maximum absolute atomic E-state index is 6.20. The fourth-order valence-electron chi connectivity index (χ4n) is 1.54. The number of aromatic nitrogens is 1. The minimum atomic E-state index is 0.454. The van der Waals surface area contributed by atoms with Crippen LogP contribution in [0.1, 0.15) is 33.6 Å². The largest absolute Gasteiger partial charge is 0.477 e. The average molecular weight is 377 g/mol. The van der Waals surface area contributed by atoms with Crippen LogP contribution in [0.3, 0.4) is 0 Å². The molecule has 0 N–H and O–H groups in total. The van der Waals surface area contributed by atoms with Gasteiger partial charge >= 0.3 is 0 Å². The Labute approximate surface area is 140 Å². The standard InChI is InChI=1S/C15H23BrClN3O/c1-5-20(4)10-18-13-9-12(17)15(19-14(13)16)21-8-6-7-11(2)3/h9-11H,5-8H2,1-4H3/b18-10+. The van der Waals surface area contributed by atoms with Crippen molar-refractivity contribution in [2.75, 3.05) is 20.2 Å². The number of hydrogen-bond donors (Lipinski definition) is 0. The minimum Gasteiger partial charge on any atom is -0.477 e. The lowest BCUT2D eigenvalue weighted by Gasteiger charge is -2.11. The van der Waals surface area contributed by atoms with Crippen LogP contribution in [0.15, 0.2) is 15.7 Å². The second-order valence-corrected chi connectivity index (χ2v) is 6.45. The van der Waals surface area contributed by atoms with Gasteiger partial charge in [0.25, 0.3) is 0 Å². The molecule has 0 saturated heterocycles. The molecule has 0 aliphatic heterocycles. The summed E-state index contributed by atoms with van der Waals surface area (Å²) in [6.45, 7) is 7.96. The lowest BCUT2D eigenvalue weighted by Crippen LogP contribution is -2.14. The van der Waals surface area contributed by atoms with E-state index in [1.165, 1.54) is 0 Å². The molecule has 0 aliphatic rings. The third kappa shape index (κ3) is 6.66. The molecule has 6 heteroatoms. The monoisotopic (exact) mass is 375 g/mol. The van der Waals surface area contributed by atoms with Crippen molar-refractivity contribution in [2.24, 2.45) is 10.9 Å². The fourth-order valence-corrected chi connectivity index (χ4v) is 2.11. The molecule has 0 saturated carbocycles. The van der Waals surface area contributed by atoms with Crippen molar-refractivity contribution in [1.82, 2.24) is 9.88 Å². The summed E-state index contributed by atoms with van der Waals surface area (Å²) in [5, 5.41) is 0.481. The maximum atomic E-state index is 6.20. The summed E-state index contributed by atoms with van der Waals surface area (Å²) >= 11 is 9.60. The highest BCUT2D eigenvalue weighted by atomic mass is 79.9. The molecular weight excluding hydrogens is 354 g/mol. The van der Waals surface area contributed by atoms with E-state index in [0.29, 0.717) is 33.7 Å². The molecule has 0 fully saturated rings. The molecule has 0 atom stereocenters. The van der Waals surface area contributed by atoms with Crippen LogP contribution in [0, 0.1) is 5.92 Å². The number of halogens is 2. The first-order valence-electron chi connectivity index (χ1n) is 7.17. The quantitative estimate of drug-likeness (QED) is 0.279. The Morgan fingerprint density at radius 2 is 2.24 bits per heavy atom. The van der Waals surface area contributed by atoms with Crippen molar-refractivity contribution >= 4 is 39.6 Å². The van der Waals surface area contributed by atoms with E-state index in [1.807, 2.05) is 11.9 Å². The third-order valence-electron chi connectivity index (χ3n) is 2.94. The van der Waals surface area contributed by atoms with E-state index in [9.17, 15) is 0 Å². The Morgan fingerprint density at radius 3 is 2.86 bits per heavy atom. The predicted molar refractivity (Wildman–Crippen MR) is 93.0 cm³/mol. The molecule has 0 spiro atoms. The number of pyridine rings is 1. The van der Waals surface area contributed by atoms with Gasteiger partial charge in [-0.05, 0) is 47.7 Å². The highest BCUT2D eigenvalue weighted by Crippen LogP contribution is 2.32. The summed E-state index contributed by atoms with van der Waals surface area (Å²) < 4.78 is 6.27. The van der Waals surface area contributed by atoms with Gasteiger partial charge in [-0.3, -0.25) is 0 Å². The van der Waals surface area contributed by atoms with Gasteiger partial charge < -0.3 is 9.64 Å². The highest BCUT2D eigenvalue weighted by molar-refractivity contribution is 9.10. The van der Waals surface area contributed by atoms with Gasteiger partial charge in [-0.2, -0.15) is 0 Å². The summed E-state index contributed by atoms with van der Waals surface area (Å²) in [6, 6.07) is 1.76. The number of aliphatic imine (C=N–C) groups is 1. The van der Waals surface area contributed by atoms with E-state index in [-0.39, 0.29) is 0 Å². The topological polar surface area (TPSA) is 37.7 Å². The number of rotatable bonds is 8. The summed E-state index contributed by atoms with van der Waals surface area (Å²) in [5.41, 5.74) is 0.690. The van der Waals surface area contributed by atoms with Crippen molar-refractivity contribution in [2.45, 2.75) is 33.6 Å². The van der Waals surface area contributed by atoms with Crippen LogP contribution in [0.25, 0.3) is 0 Å². The lowest BCUT2D eigenvalue weighted by molar-refractivity contribution is 0.287. The van der Waals surface area contributed by atoms with Crippen LogP contribution < -0.4 is 4.74 Å².